The number of hydrogen-bond acceptors (Lipinski definition) is 1. The van der Waals surface area contributed by atoms with E-state index in [2.05, 4.69) is 5.84 Å². The molecule has 0 aromatic heterocycles. The topological polar surface area (TPSA) is 49.8 Å². The zero-order valence-electron chi connectivity index (χ0n) is 2.16. The Morgan fingerprint density at radius 3 is 1.25 bits per heavy atom. The van der Waals surface area contributed by atoms with E-state index in [1.54, 1.807) is 0 Å². The van der Waals surface area contributed by atoms with Gasteiger partial charge in [-0.25, -0.2) is 0 Å². The molecule has 3 N–H and O–H groups in total. The average Bonchev–Trinajstić information content (AvgIpc) is 1.00. The van der Waals surface area contributed by atoms with E-state index < -0.39 is 0 Å². The number of halogens is 1. The first-order valence-corrected chi connectivity index (χ1v) is 0.289. The molecule has 0 aliphatic carbocycles. The normalized spacial score (nSPS) is 1.50. The molecule has 0 fully saturated rings. The molecule has 22 valence electrons. The van der Waals surface area contributed by atoms with E-state index in [9.17, 15) is 0 Å². The van der Waals surface area contributed by atoms with Gasteiger partial charge < -0.3 is 24.1 Å². The summed E-state index contributed by atoms with van der Waals surface area (Å²) in [7, 11) is 0. The maximum absolute atomic E-state index is 5.25. The molecule has 0 unspecified atom stereocenters. The Bertz CT molecular complexity index is 6.00. The third-order valence-corrected chi connectivity index (χ3v) is 0. The van der Waals surface area contributed by atoms with Crippen LogP contribution in [0.25, 0.3) is 5.84 Å². The van der Waals surface area contributed by atoms with E-state index in [1.807, 2.05) is 0 Å². The van der Waals surface area contributed by atoms with Crippen molar-refractivity contribution < 1.29 is 12.4 Å². The van der Waals surface area contributed by atoms with Crippen LogP contribution in [-0.4, -0.2) is 23.1 Å². The number of rotatable bonds is 0. The van der Waals surface area contributed by atoms with Crippen molar-refractivity contribution in [1.82, 2.24) is 0 Å². The molecule has 0 aromatic rings. The number of nitrogens with two attached hydrogens (primary N) is 1. The van der Waals surface area contributed by atoms with E-state index in [-0.39, 0.29) is 35.5 Å². The van der Waals surface area contributed by atoms with Gasteiger partial charge in [0, 0.05) is 0 Å². The predicted molar refractivity (Wildman–Crippen MR) is 14.3 cm³/mol. The minimum absolute atomic E-state index is 0. The van der Waals surface area contributed by atoms with Gasteiger partial charge in [-0.3, -0.25) is 0 Å². The summed E-state index contributed by atoms with van der Waals surface area (Å²) in [5.74, 6) is 9.00. The summed E-state index contributed by atoms with van der Waals surface area (Å²) in [6.45, 7) is 0. The van der Waals surface area contributed by atoms with Gasteiger partial charge in [-0.05, 0) is 0 Å². The molecule has 0 bridgehead atoms. The first kappa shape index (κ1) is 20.1. The van der Waals surface area contributed by atoms with Crippen LogP contribution in [-0.2, 0) is 0 Å². The quantitative estimate of drug-likeness (QED) is 0.188. The Morgan fingerprint density at radius 2 is 1.25 bits per heavy atom. The van der Waals surface area contributed by atoms with Crippen molar-refractivity contribution in [3.63, 3.8) is 0 Å². The number of hydrogen-bond donors (Lipinski definition) is 1. The first-order valence-electron chi connectivity index (χ1n) is 0.289. The van der Waals surface area contributed by atoms with Crippen LogP contribution in [0.2, 0.25) is 0 Å². The summed E-state index contributed by atoms with van der Waals surface area (Å²) in [5.41, 5.74) is 0. The van der Waals surface area contributed by atoms with Crippen LogP contribution in [0.15, 0.2) is 0 Å². The third kappa shape index (κ3) is 12.2. The van der Waals surface area contributed by atoms with Crippen molar-refractivity contribution in [2.45, 2.75) is 0 Å². The molecule has 0 amide bonds. The van der Waals surface area contributed by atoms with Crippen LogP contribution in [0.4, 0.5) is 0 Å². The van der Waals surface area contributed by atoms with Gasteiger partial charge in [0.2, 0.25) is 0 Å². The zero-order chi connectivity index (χ0) is 2.00. The molecule has 0 rings (SSSR count). The largest absolute Gasteiger partial charge is 2.00 e. The zero-order valence-corrected chi connectivity index (χ0v) is 4.33. The second-order valence-electron chi connectivity index (χ2n) is 0. The Morgan fingerprint density at radius 1 is 1.25 bits per heavy atom. The molecular weight excluding hydrogens is 87.8 g/mol. The summed E-state index contributed by atoms with van der Waals surface area (Å²) in [6.07, 6.45) is 0. The first-order chi connectivity index (χ1) is 1.00. The van der Waals surface area contributed by atoms with Crippen LogP contribution in [0.5, 0.6) is 0 Å². The molecule has 0 spiro atoms. The molecule has 0 heterocycles. The van der Waals surface area contributed by atoms with Crippen LogP contribution < -0.4 is 18.2 Å². The Balaban J connectivity index is -0.00000000500. The second kappa shape index (κ2) is 37.0. The van der Waals surface area contributed by atoms with Gasteiger partial charge in [0.1, 0.15) is 0 Å². The Kier molecular flexibility index (Phi) is 186. The maximum Gasteiger partial charge on any atom is 2.00 e. The van der Waals surface area contributed by atoms with Gasteiger partial charge in [0.05, 0.1) is 0 Å². The van der Waals surface area contributed by atoms with Gasteiger partial charge in [-0.15, -0.1) is 0 Å². The van der Waals surface area contributed by atoms with Gasteiger partial charge in [-0.1, -0.05) is 0 Å². The van der Waals surface area contributed by atoms with Gasteiger partial charge in [0.15, 0.2) is 0 Å². The van der Waals surface area contributed by atoms with E-state index in [4.69, 9.17) is 5.84 Å². The van der Waals surface area contributed by atoms with Crippen LogP contribution >= 0.6 is 0 Å². The summed E-state index contributed by atoms with van der Waals surface area (Å²) in [6, 6.07) is 0. The predicted octanol–water partition coefficient (Wildman–Crippen LogP) is -3.46. The van der Waals surface area contributed by atoms with Crippen molar-refractivity contribution in [3.05, 3.63) is 5.84 Å². The van der Waals surface area contributed by atoms with Crippen molar-refractivity contribution in [3.8, 4) is 0 Å². The summed E-state index contributed by atoms with van der Waals surface area (Å²) >= 11 is 0. The van der Waals surface area contributed by atoms with Crippen LogP contribution in [0.1, 0.15) is 0 Å². The molecule has 0 saturated heterocycles. The monoisotopic (exact) mass is 90.0 g/mol. The van der Waals surface area contributed by atoms with Gasteiger partial charge >= 0.3 is 23.1 Å². The summed E-state index contributed by atoms with van der Waals surface area (Å²) < 4.78 is 0. The Labute approximate surface area is 47.4 Å². The Hall–Kier alpha value is 0.976. The fraction of sp³-hybridized carbons (Fsp3) is 0. The fourth-order valence-electron chi connectivity index (χ4n) is 0. The molecular formula is H3ClMgN2. The molecule has 2 nitrogen and oxygen atoms in total. The SMILES string of the molecule is [Cl-].[Mg+2].[NH-]N. The summed E-state index contributed by atoms with van der Waals surface area (Å²) in [4.78, 5) is 0. The molecule has 0 saturated carbocycles. The molecule has 4 heteroatoms. The minimum atomic E-state index is 0. The standard InChI is InChI=1S/ClH.Mg.H3N2/c;;1-2/h1H;;1H,2H2/q;+2;-1/p-1. The summed E-state index contributed by atoms with van der Waals surface area (Å²) in [5, 5.41) is 0. The minimum Gasteiger partial charge on any atom is -1.00 e. The molecule has 0 atom stereocenters. The molecule has 0 radical (unpaired) electrons. The molecule has 0 aromatic carbocycles. The van der Waals surface area contributed by atoms with Crippen LogP contribution in [0, 0.1) is 0 Å². The fourth-order valence-corrected chi connectivity index (χ4v) is 0. The van der Waals surface area contributed by atoms with E-state index >= 15 is 0 Å². The average molecular weight is 90.8 g/mol. The van der Waals surface area contributed by atoms with Gasteiger partial charge in [0.25, 0.3) is 0 Å². The van der Waals surface area contributed by atoms with Gasteiger partial charge in [-0.2, -0.15) is 0 Å². The number of nitrogens with one attached hydrogen (secondary N) is 1. The van der Waals surface area contributed by atoms with Crippen molar-refractivity contribution >= 4 is 23.1 Å². The van der Waals surface area contributed by atoms with Crippen molar-refractivity contribution in [1.29, 1.82) is 0 Å². The van der Waals surface area contributed by atoms with Crippen molar-refractivity contribution in [2.24, 2.45) is 5.84 Å². The van der Waals surface area contributed by atoms with E-state index in [0.717, 1.165) is 0 Å². The van der Waals surface area contributed by atoms with Crippen LogP contribution in [0.3, 0.4) is 0 Å². The van der Waals surface area contributed by atoms with Crippen molar-refractivity contribution in [2.75, 3.05) is 0 Å². The molecule has 4 heavy (non-hydrogen) atoms. The van der Waals surface area contributed by atoms with E-state index in [1.165, 1.54) is 0 Å². The smallest absolute Gasteiger partial charge is 1.00 e. The molecule has 0 aliphatic rings. The molecule has 0 aliphatic heterocycles. The second-order valence-corrected chi connectivity index (χ2v) is 0. The third-order valence-electron chi connectivity index (χ3n) is 0. The van der Waals surface area contributed by atoms with E-state index in [0.29, 0.717) is 0 Å². The maximum atomic E-state index is 5.25.